The predicted molar refractivity (Wildman–Crippen MR) is 73.3 cm³/mol. The largest absolute Gasteiger partial charge is 0.391 e. The van der Waals surface area contributed by atoms with Gasteiger partial charge in [-0.3, -0.25) is 0 Å². The Morgan fingerprint density at radius 1 is 1.29 bits per heavy atom. The summed E-state index contributed by atoms with van der Waals surface area (Å²) >= 11 is 0. The molecule has 1 N–H and O–H groups in total. The molecule has 2 heteroatoms. The molecule has 0 saturated carbocycles. The third kappa shape index (κ3) is 3.08. The van der Waals surface area contributed by atoms with Crippen LogP contribution in [0.15, 0.2) is 24.3 Å². The maximum atomic E-state index is 10.5. The molecule has 0 aliphatic heterocycles. The van der Waals surface area contributed by atoms with Crippen molar-refractivity contribution in [2.75, 3.05) is 14.1 Å². The average Bonchev–Trinajstić information content (AvgIpc) is 2.30. The maximum Gasteiger partial charge on any atom is 0.0761 e. The summed E-state index contributed by atoms with van der Waals surface area (Å²) in [4.78, 5) is 2.12. The Hall–Kier alpha value is -0.860. The van der Waals surface area contributed by atoms with E-state index in [0.717, 1.165) is 12.8 Å². The summed E-state index contributed by atoms with van der Waals surface area (Å²) in [5, 5.41) is 10.5. The van der Waals surface area contributed by atoms with Crippen molar-refractivity contribution in [1.82, 2.24) is 4.90 Å². The first kappa shape index (κ1) is 14.2. The number of aryl methyl sites for hydroxylation is 1. The van der Waals surface area contributed by atoms with E-state index in [1.54, 1.807) is 0 Å². The monoisotopic (exact) mass is 235 g/mol. The molecule has 2 nitrogen and oxygen atoms in total. The van der Waals surface area contributed by atoms with Crippen molar-refractivity contribution < 1.29 is 5.11 Å². The molecule has 0 radical (unpaired) electrons. The van der Waals surface area contributed by atoms with Gasteiger partial charge in [-0.25, -0.2) is 0 Å². The normalized spacial score (nSPS) is 16.9. The molecule has 0 aliphatic carbocycles. The van der Waals surface area contributed by atoms with Crippen molar-refractivity contribution in [2.24, 2.45) is 0 Å². The molecule has 0 saturated heterocycles. The van der Waals surface area contributed by atoms with Crippen LogP contribution in [-0.2, 0) is 6.42 Å². The lowest BCUT2D eigenvalue weighted by atomic mass is 9.85. The standard InChI is InChI=1S/C15H25NO/c1-6-15(3,16(4)5)14(17)11-13-10-8-7-9-12(13)2/h7-10,14,17H,6,11H2,1-5H3. The van der Waals surface area contributed by atoms with E-state index in [-0.39, 0.29) is 11.6 Å². The van der Waals surface area contributed by atoms with Crippen LogP contribution in [0.25, 0.3) is 0 Å². The maximum absolute atomic E-state index is 10.5. The number of rotatable bonds is 5. The van der Waals surface area contributed by atoms with Crippen LogP contribution >= 0.6 is 0 Å². The van der Waals surface area contributed by atoms with Crippen molar-refractivity contribution in [2.45, 2.75) is 45.3 Å². The topological polar surface area (TPSA) is 23.5 Å². The molecular formula is C15H25NO. The van der Waals surface area contributed by atoms with Crippen molar-refractivity contribution in [1.29, 1.82) is 0 Å². The van der Waals surface area contributed by atoms with Gasteiger partial charge in [-0.1, -0.05) is 31.2 Å². The highest BCUT2D eigenvalue weighted by Crippen LogP contribution is 2.24. The van der Waals surface area contributed by atoms with Gasteiger partial charge >= 0.3 is 0 Å². The number of likely N-dealkylation sites (N-methyl/N-ethyl adjacent to an activating group) is 1. The Labute approximate surface area is 105 Å². The zero-order chi connectivity index (χ0) is 13.1. The predicted octanol–water partition coefficient (Wildman–Crippen LogP) is 2.63. The Balaban J connectivity index is 2.85. The average molecular weight is 235 g/mol. The van der Waals surface area contributed by atoms with E-state index in [4.69, 9.17) is 0 Å². The first-order valence-electron chi connectivity index (χ1n) is 6.31. The van der Waals surface area contributed by atoms with Crippen LogP contribution in [-0.4, -0.2) is 35.7 Å². The molecule has 0 aliphatic rings. The van der Waals surface area contributed by atoms with Gasteiger partial charge in [0.15, 0.2) is 0 Å². The number of benzene rings is 1. The number of aliphatic hydroxyl groups excluding tert-OH is 1. The van der Waals surface area contributed by atoms with E-state index < -0.39 is 0 Å². The van der Waals surface area contributed by atoms with Gasteiger partial charge in [-0.05, 0) is 45.5 Å². The lowest BCUT2D eigenvalue weighted by Crippen LogP contribution is -2.51. The third-order valence-electron chi connectivity index (χ3n) is 4.13. The lowest BCUT2D eigenvalue weighted by Gasteiger charge is -2.40. The molecular weight excluding hydrogens is 210 g/mol. The van der Waals surface area contributed by atoms with Crippen LogP contribution in [0.5, 0.6) is 0 Å². The highest BCUT2D eigenvalue weighted by Gasteiger charge is 2.33. The van der Waals surface area contributed by atoms with E-state index in [2.05, 4.69) is 37.8 Å². The fraction of sp³-hybridized carbons (Fsp3) is 0.600. The highest BCUT2D eigenvalue weighted by molar-refractivity contribution is 5.26. The third-order valence-corrected chi connectivity index (χ3v) is 4.13. The van der Waals surface area contributed by atoms with Crippen molar-refractivity contribution >= 4 is 0 Å². The molecule has 0 aromatic heterocycles. The summed E-state index contributed by atoms with van der Waals surface area (Å²) in [6.07, 6.45) is 1.31. The molecule has 1 rings (SSSR count). The molecule has 1 aromatic rings. The molecule has 1 aromatic carbocycles. The van der Waals surface area contributed by atoms with E-state index in [1.807, 2.05) is 26.2 Å². The minimum Gasteiger partial charge on any atom is -0.391 e. The summed E-state index contributed by atoms with van der Waals surface area (Å²) < 4.78 is 0. The Kier molecular flexibility index (Phi) is 4.72. The molecule has 0 fully saturated rings. The van der Waals surface area contributed by atoms with E-state index in [1.165, 1.54) is 11.1 Å². The van der Waals surface area contributed by atoms with Crippen molar-refractivity contribution in [3.05, 3.63) is 35.4 Å². The smallest absolute Gasteiger partial charge is 0.0761 e. The lowest BCUT2D eigenvalue weighted by molar-refractivity contribution is 0.00293. The summed E-state index contributed by atoms with van der Waals surface area (Å²) in [6, 6.07) is 8.27. The summed E-state index contributed by atoms with van der Waals surface area (Å²) in [6.45, 7) is 6.35. The second kappa shape index (κ2) is 5.65. The van der Waals surface area contributed by atoms with Crippen LogP contribution in [0.1, 0.15) is 31.4 Å². The Morgan fingerprint density at radius 3 is 2.35 bits per heavy atom. The summed E-state index contributed by atoms with van der Waals surface area (Å²) in [5.41, 5.74) is 2.33. The fourth-order valence-corrected chi connectivity index (χ4v) is 2.12. The van der Waals surface area contributed by atoms with Crippen molar-refractivity contribution in [3.8, 4) is 0 Å². The molecule has 0 amide bonds. The Morgan fingerprint density at radius 2 is 1.88 bits per heavy atom. The number of nitrogens with zero attached hydrogens (tertiary/aromatic N) is 1. The van der Waals surface area contributed by atoms with E-state index >= 15 is 0 Å². The summed E-state index contributed by atoms with van der Waals surface area (Å²) in [5.74, 6) is 0. The van der Waals surface area contributed by atoms with Gasteiger partial charge in [0.2, 0.25) is 0 Å². The van der Waals surface area contributed by atoms with Crippen LogP contribution in [0.4, 0.5) is 0 Å². The van der Waals surface area contributed by atoms with Crippen LogP contribution < -0.4 is 0 Å². The van der Waals surface area contributed by atoms with Crippen LogP contribution in [0.2, 0.25) is 0 Å². The van der Waals surface area contributed by atoms with Gasteiger partial charge < -0.3 is 10.0 Å². The van der Waals surface area contributed by atoms with Gasteiger partial charge in [0.05, 0.1) is 6.10 Å². The molecule has 0 spiro atoms. The minimum absolute atomic E-state index is 0.164. The fourth-order valence-electron chi connectivity index (χ4n) is 2.12. The van der Waals surface area contributed by atoms with E-state index in [9.17, 15) is 5.11 Å². The van der Waals surface area contributed by atoms with Gasteiger partial charge in [0.1, 0.15) is 0 Å². The van der Waals surface area contributed by atoms with Gasteiger partial charge in [-0.15, -0.1) is 0 Å². The second-order valence-electron chi connectivity index (χ2n) is 5.25. The molecule has 2 unspecified atom stereocenters. The van der Waals surface area contributed by atoms with Gasteiger partial charge in [0, 0.05) is 12.0 Å². The highest BCUT2D eigenvalue weighted by atomic mass is 16.3. The van der Waals surface area contributed by atoms with Gasteiger partial charge in [-0.2, -0.15) is 0 Å². The number of hydrogen-bond acceptors (Lipinski definition) is 2. The number of aliphatic hydroxyl groups is 1. The zero-order valence-corrected chi connectivity index (χ0v) is 11.7. The first-order chi connectivity index (χ1) is 7.91. The SMILES string of the molecule is CCC(C)(C(O)Cc1ccccc1C)N(C)C. The molecule has 17 heavy (non-hydrogen) atoms. The molecule has 2 atom stereocenters. The molecule has 0 bridgehead atoms. The Bertz CT molecular complexity index is 362. The van der Waals surface area contributed by atoms with E-state index in [0.29, 0.717) is 0 Å². The molecule has 96 valence electrons. The number of hydrogen-bond donors (Lipinski definition) is 1. The second-order valence-corrected chi connectivity index (χ2v) is 5.25. The summed E-state index contributed by atoms with van der Waals surface area (Å²) in [7, 11) is 4.06. The van der Waals surface area contributed by atoms with Crippen LogP contribution in [0.3, 0.4) is 0 Å². The minimum atomic E-state index is -0.344. The quantitative estimate of drug-likeness (QED) is 0.848. The zero-order valence-electron chi connectivity index (χ0n) is 11.7. The first-order valence-corrected chi connectivity index (χ1v) is 6.31. The van der Waals surface area contributed by atoms with Crippen LogP contribution in [0, 0.1) is 6.92 Å². The van der Waals surface area contributed by atoms with Crippen molar-refractivity contribution in [3.63, 3.8) is 0 Å². The van der Waals surface area contributed by atoms with Gasteiger partial charge in [0.25, 0.3) is 0 Å². The molecule has 0 heterocycles.